The van der Waals surface area contributed by atoms with E-state index in [2.05, 4.69) is 5.32 Å². The highest BCUT2D eigenvalue weighted by molar-refractivity contribution is 5.73. The van der Waals surface area contributed by atoms with Crippen molar-refractivity contribution in [3.8, 4) is 6.07 Å². The zero-order valence-electron chi connectivity index (χ0n) is 7.09. The molecule has 2 amide bonds. The number of carbonyl (C=O) groups is 1. The van der Waals surface area contributed by atoms with Crippen molar-refractivity contribution in [2.24, 2.45) is 5.92 Å². The first-order valence-corrected chi connectivity index (χ1v) is 3.42. The van der Waals surface area contributed by atoms with Gasteiger partial charge in [0.1, 0.15) is 0 Å². The molecule has 11 heavy (non-hydrogen) atoms. The number of carbonyl (C=O) groups excluding carboxylic acids is 1. The molecule has 4 heteroatoms. The second-order valence-corrected chi connectivity index (χ2v) is 2.61. The molecule has 0 saturated carbocycles. The van der Waals surface area contributed by atoms with E-state index in [0.29, 0.717) is 6.54 Å². The maximum Gasteiger partial charge on any atom is 0.316 e. The van der Waals surface area contributed by atoms with Crippen LogP contribution in [0.25, 0.3) is 0 Å². The Bertz CT molecular complexity index is 171. The lowest BCUT2D eigenvalue weighted by Gasteiger charge is -2.12. The fraction of sp³-hybridized carbons (Fsp3) is 0.714. The van der Waals surface area contributed by atoms with Crippen molar-refractivity contribution in [1.29, 1.82) is 5.26 Å². The van der Waals surface area contributed by atoms with Crippen LogP contribution in [0.2, 0.25) is 0 Å². The molecule has 0 saturated heterocycles. The van der Waals surface area contributed by atoms with E-state index in [1.807, 2.05) is 6.07 Å². The molecule has 0 rings (SSSR count). The quantitative estimate of drug-likeness (QED) is 0.628. The first kappa shape index (κ1) is 9.76. The van der Waals surface area contributed by atoms with Gasteiger partial charge in [0.2, 0.25) is 0 Å². The van der Waals surface area contributed by atoms with E-state index < -0.39 is 0 Å². The molecule has 0 aromatic heterocycles. The number of urea groups is 1. The van der Waals surface area contributed by atoms with E-state index in [-0.39, 0.29) is 11.9 Å². The molecule has 0 aliphatic heterocycles. The summed E-state index contributed by atoms with van der Waals surface area (Å²) in [6.07, 6.45) is 0. The van der Waals surface area contributed by atoms with Crippen LogP contribution >= 0.6 is 0 Å². The van der Waals surface area contributed by atoms with Crippen molar-refractivity contribution in [2.45, 2.75) is 6.92 Å². The molecule has 0 spiro atoms. The molecule has 0 fully saturated rings. The lowest BCUT2D eigenvalue weighted by Crippen LogP contribution is -2.36. The molecule has 1 atom stereocenters. The van der Waals surface area contributed by atoms with Gasteiger partial charge in [0.15, 0.2) is 0 Å². The molecule has 1 unspecified atom stereocenters. The molecular formula is C7H13N3O. The van der Waals surface area contributed by atoms with Crippen molar-refractivity contribution in [3.05, 3.63) is 0 Å². The minimum absolute atomic E-state index is 0.126. The minimum atomic E-state index is -0.160. The number of hydrogen-bond donors (Lipinski definition) is 1. The van der Waals surface area contributed by atoms with Crippen LogP contribution in [-0.2, 0) is 0 Å². The van der Waals surface area contributed by atoms with Gasteiger partial charge in [0.05, 0.1) is 12.0 Å². The largest absolute Gasteiger partial charge is 0.337 e. The standard InChI is InChI=1S/C7H13N3O/c1-6(4-8)5-9-7(11)10(2)3/h6H,5H2,1-3H3,(H,9,11). The smallest absolute Gasteiger partial charge is 0.316 e. The van der Waals surface area contributed by atoms with Crippen LogP contribution in [0.5, 0.6) is 0 Å². The molecule has 0 heterocycles. The predicted octanol–water partition coefficient (Wildman–Crippen LogP) is 0.417. The predicted molar refractivity (Wildman–Crippen MR) is 41.9 cm³/mol. The van der Waals surface area contributed by atoms with Gasteiger partial charge < -0.3 is 10.2 Å². The van der Waals surface area contributed by atoms with Crippen molar-refractivity contribution in [2.75, 3.05) is 20.6 Å². The third-order valence-corrected chi connectivity index (χ3v) is 1.19. The summed E-state index contributed by atoms with van der Waals surface area (Å²) in [5.74, 6) is -0.126. The molecule has 0 radical (unpaired) electrons. The van der Waals surface area contributed by atoms with Crippen molar-refractivity contribution < 1.29 is 4.79 Å². The monoisotopic (exact) mass is 155 g/mol. The third kappa shape index (κ3) is 4.20. The summed E-state index contributed by atoms with van der Waals surface area (Å²) in [5, 5.41) is 11.0. The number of nitrogens with zero attached hydrogens (tertiary/aromatic N) is 2. The Kier molecular flexibility index (Phi) is 4.04. The topological polar surface area (TPSA) is 56.1 Å². The Morgan fingerprint density at radius 3 is 2.64 bits per heavy atom. The molecule has 1 N–H and O–H groups in total. The Morgan fingerprint density at radius 2 is 2.27 bits per heavy atom. The van der Waals surface area contributed by atoms with Gasteiger partial charge in [-0.1, -0.05) is 0 Å². The van der Waals surface area contributed by atoms with Crippen molar-refractivity contribution in [3.63, 3.8) is 0 Å². The van der Waals surface area contributed by atoms with E-state index >= 15 is 0 Å². The number of amides is 2. The summed E-state index contributed by atoms with van der Waals surface area (Å²) in [4.78, 5) is 12.3. The first-order valence-electron chi connectivity index (χ1n) is 3.42. The van der Waals surface area contributed by atoms with Crippen LogP contribution in [0, 0.1) is 17.2 Å². The summed E-state index contributed by atoms with van der Waals surface area (Å²) in [6, 6.07) is 1.87. The van der Waals surface area contributed by atoms with E-state index in [0.717, 1.165) is 0 Å². The first-order chi connectivity index (χ1) is 5.07. The van der Waals surface area contributed by atoms with Crippen LogP contribution < -0.4 is 5.32 Å². The van der Waals surface area contributed by atoms with Crippen LogP contribution in [-0.4, -0.2) is 31.6 Å². The van der Waals surface area contributed by atoms with Crippen molar-refractivity contribution in [1.82, 2.24) is 10.2 Å². The van der Waals surface area contributed by atoms with Crippen LogP contribution in [0.1, 0.15) is 6.92 Å². The van der Waals surface area contributed by atoms with Gasteiger partial charge in [-0.25, -0.2) is 4.79 Å². The molecule has 0 bridgehead atoms. The number of nitriles is 1. The number of hydrogen-bond acceptors (Lipinski definition) is 2. The molecular weight excluding hydrogens is 142 g/mol. The fourth-order valence-corrected chi connectivity index (χ4v) is 0.444. The second kappa shape index (κ2) is 4.56. The maximum atomic E-state index is 10.9. The summed E-state index contributed by atoms with van der Waals surface area (Å²) < 4.78 is 0. The maximum absolute atomic E-state index is 10.9. The third-order valence-electron chi connectivity index (χ3n) is 1.19. The summed E-state index contributed by atoms with van der Waals surface area (Å²) in [7, 11) is 3.32. The Balaban J connectivity index is 3.56. The zero-order valence-corrected chi connectivity index (χ0v) is 7.09. The highest BCUT2D eigenvalue weighted by Gasteiger charge is 2.04. The Hall–Kier alpha value is -1.24. The summed E-state index contributed by atoms with van der Waals surface area (Å²) in [6.45, 7) is 2.17. The van der Waals surface area contributed by atoms with Crippen LogP contribution in [0.3, 0.4) is 0 Å². The van der Waals surface area contributed by atoms with Crippen molar-refractivity contribution >= 4 is 6.03 Å². The summed E-state index contributed by atoms with van der Waals surface area (Å²) >= 11 is 0. The highest BCUT2D eigenvalue weighted by Crippen LogP contribution is 1.88. The Morgan fingerprint density at radius 1 is 1.73 bits per heavy atom. The highest BCUT2D eigenvalue weighted by atomic mass is 16.2. The average Bonchev–Trinajstić information content (AvgIpc) is 1.99. The average molecular weight is 155 g/mol. The van der Waals surface area contributed by atoms with Crippen LogP contribution in [0.15, 0.2) is 0 Å². The lowest BCUT2D eigenvalue weighted by molar-refractivity contribution is 0.216. The zero-order chi connectivity index (χ0) is 8.85. The van der Waals surface area contributed by atoms with Gasteiger partial charge >= 0.3 is 6.03 Å². The normalized spacial score (nSPS) is 11.5. The molecule has 0 aromatic carbocycles. The van der Waals surface area contributed by atoms with Gasteiger partial charge in [-0.3, -0.25) is 0 Å². The molecule has 0 aliphatic rings. The van der Waals surface area contributed by atoms with Gasteiger partial charge in [-0.05, 0) is 6.92 Å². The molecule has 62 valence electrons. The van der Waals surface area contributed by atoms with E-state index in [4.69, 9.17) is 5.26 Å². The van der Waals surface area contributed by atoms with Gasteiger partial charge in [0.25, 0.3) is 0 Å². The Labute approximate surface area is 66.8 Å². The SMILES string of the molecule is CC(C#N)CNC(=O)N(C)C. The fourth-order valence-electron chi connectivity index (χ4n) is 0.444. The van der Waals surface area contributed by atoms with Crippen LogP contribution in [0.4, 0.5) is 4.79 Å². The second-order valence-electron chi connectivity index (χ2n) is 2.61. The van der Waals surface area contributed by atoms with Gasteiger partial charge in [-0.15, -0.1) is 0 Å². The number of nitrogens with one attached hydrogen (secondary N) is 1. The van der Waals surface area contributed by atoms with Gasteiger partial charge in [-0.2, -0.15) is 5.26 Å². The molecule has 0 aliphatic carbocycles. The minimum Gasteiger partial charge on any atom is -0.337 e. The van der Waals surface area contributed by atoms with E-state index in [9.17, 15) is 4.79 Å². The molecule has 4 nitrogen and oxygen atoms in total. The van der Waals surface area contributed by atoms with Gasteiger partial charge in [0, 0.05) is 20.6 Å². The van der Waals surface area contributed by atoms with E-state index in [1.54, 1.807) is 21.0 Å². The molecule has 0 aromatic rings. The lowest BCUT2D eigenvalue weighted by atomic mass is 10.2. The van der Waals surface area contributed by atoms with E-state index in [1.165, 1.54) is 4.90 Å². The summed E-state index contributed by atoms with van der Waals surface area (Å²) in [5.41, 5.74) is 0. The number of rotatable bonds is 2.